The van der Waals surface area contributed by atoms with Gasteiger partial charge in [0, 0.05) is 23.0 Å². The van der Waals surface area contributed by atoms with E-state index in [1.165, 1.54) is 32.1 Å². The summed E-state index contributed by atoms with van der Waals surface area (Å²) in [7, 11) is 0.258. The minimum atomic E-state index is -1.60. The number of benzene rings is 2. The standard InChI is InChI=1S/C35H36N2S.2C2H6/c1-5-7-17-33-26(3)31-16-11-12-18-34(31)38(33,30-22-19-28(20-23-30)32(36-4)13-6-2)35-24-21-29(25-37-35)27-14-9-8-10-15-27;2*1-2/h5-11,13-17,19-25,35,37H,1,12,18H2,2-4H3;2*1-2H3/b13-6-,17-7-,36-32?;;. The van der Waals surface area contributed by atoms with Crippen molar-refractivity contribution in [2.24, 2.45) is 4.99 Å². The van der Waals surface area contributed by atoms with Gasteiger partial charge in [0.25, 0.3) is 0 Å². The van der Waals surface area contributed by atoms with E-state index in [0.717, 1.165) is 24.1 Å². The summed E-state index contributed by atoms with van der Waals surface area (Å²) in [4.78, 5) is 8.87. The Morgan fingerprint density at radius 2 is 1.71 bits per heavy atom. The molecule has 2 aliphatic heterocycles. The van der Waals surface area contributed by atoms with Gasteiger partial charge in [-0.3, -0.25) is 4.99 Å². The van der Waals surface area contributed by atoms with Crippen LogP contribution in [0.2, 0.25) is 0 Å². The summed E-state index contributed by atoms with van der Waals surface area (Å²) in [5, 5.41) is 4.03. The summed E-state index contributed by atoms with van der Waals surface area (Å²) in [5.74, 6) is 0. The van der Waals surface area contributed by atoms with E-state index in [1.54, 1.807) is 4.91 Å². The molecule has 0 bridgehead atoms. The van der Waals surface area contributed by atoms with Crippen LogP contribution < -0.4 is 5.32 Å². The second-order valence-corrected chi connectivity index (χ2v) is 12.8. The van der Waals surface area contributed by atoms with Crippen LogP contribution in [0.25, 0.3) is 5.57 Å². The lowest BCUT2D eigenvalue weighted by molar-refractivity contribution is 0.897. The van der Waals surface area contributed by atoms with E-state index < -0.39 is 10.0 Å². The van der Waals surface area contributed by atoms with Crippen molar-refractivity contribution in [1.29, 1.82) is 0 Å². The summed E-state index contributed by atoms with van der Waals surface area (Å²) in [6, 6.07) is 19.8. The highest BCUT2D eigenvalue weighted by molar-refractivity contribution is 8.40. The Morgan fingerprint density at radius 1 is 1.00 bits per heavy atom. The fourth-order valence-corrected chi connectivity index (χ4v) is 10.4. The lowest BCUT2D eigenvalue weighted by atomic mass is 10.0. The minimum Gasteiger partial charge on any atom is -0.376 e. The Morgan fingerprint density at radius 3 is 2.31 bits per heavy atom. The zero-order chi connectivity index (χ0) is 30.5. The fraction of sp³-hybridized carbons (Fsp3) is 0.256. The Kier molecular flexibility index (Phi) is 12.4. The molecule has 2 nitrogen and oxygen atoms in total. The maximum atomic E-state index is 4.51. The van der Waals surface area contributed by atoms with Gasteiger partial charge in [0.05, 0.1) is 11.1 Å². The monoisotopic (exact) mass is 576 g/mol. The number of nitrogens with zero attached hydrogens (tertiary/aromatic N) is 1. The van der Waals surface area contributed by atoms with Gasteiger partial charge in [-0.25, -0.2) is 0 Å². The molecule has 5 rings (SSSR count). The number of rotatable bonds is 7. The SMILES string of the molecule is C=C/C=C\C1=C(C)C2=C(CCC=C2)S1(c1ccc(C(/C=C\C)=NC)cc1)C1C=CC(c2ccccc2)=CN1.CC.CC. The predicted molar refractivity (Wildman–Crippen MR) is 190 cm³/mol. The smallest absolute Gasteiger partial charge is 0.0866 e. The molecule has 220 valence electrons. The van der Waals surface area contributed by atoms with Crippen molar-refractivity contribution in [3.05, 3.63) is 154 Å². The Balaban J connectivity index is 0.00000116. The molecule has 2 unspecified atom stereocenters. The van der Waals surface area contributed by atoms with Crippen LogP contribution in [0.1, 0.15) is 65.5 Å². The highest BCUT2D eigenvalue weighted by Gasteiger charge is 2.46. The summed E-state index contributed by atoms with van der Waals surface area (Å²) in [5.41, 5.74) is 7.37. The minimum absolute atomic E-state index is 0.147. The van der Waals surface area contributed by atoms with E-state index in [9.17, 15) is 0 Å². The van der Waals surface area contributed by atoms with Crippen LogP contribution in [0.4, 0.5) is 0 Å². The van der Waals surface area contributed by atoms with Crippen LogP contribution in [0.3, 0.4) is 0 Å². The quantitative estimate of drug-likeness (QED) is 0.257. The maximum Gasteiger partial charge on any atom is 0.0866 e. The number of hydrogen-bond acceptors (Lipinski definition) is 2. The molecule has 0 radical (unpaired) electrons. The Labute approximate surface area is 256 Å². The van der Waals surface area contributed by atoms with E-state index in [0.29, 0.717) is 0 Å². The van der Waals surface area contributed by atoms with Gasteiger partial charge < -0.3 is 5.32 Å². The van der Waals surface area contributed by atoms with Crippen molar-refractivity contribution in [3.8, 4) is 0 Å². The second-order valence-electron chi connectivity index (χ2n) is 9.57. The molecule has 0 saturated carbocycles. The van der Waals surface area contributed by atoms with E-state index in [2.05, 4.69) is 127 Å². The molecule has 0 amide bonds. The average Bonchev–Trinajstić information content (AvgIpc) is 3.33. The third-order valence-electron chi connectivity index (χ3n) is 7.44. The van der Waals surface area contributed by atoms with Crippen molar-refractivity contribution >= 4 is 21.3 Å². The fourth-order valence-electron chi connectivity index (χ4n) is 5.71. The van der Waals surface area contributed by atoms with E-state index in [4.69, 9.17) is 0 Å². The first-order chi connectivity index (χ1) is 20.6. The summed E-state index contributed by atoms with van der Waals surface area (Å²) in [6.45, 7) is 16.3. The topological polar surface area (TPSA) is 24.4 Å². The predicted octanol–water partition coefficient (Wildman–Crippen LogP) is 11.1. The zero-order valence-electron chi connectivity index (χ0n) is 26.5. The van der Waals surface area contributed by atoms with Gasteiger partial charge in [-0.15, -0.1) is 10.0 Å². The first-order valence-corrected chi connectivity index (χ1v) is 17.0. The molecule has 1 N–H and O–H groups in total. The van der Waals surface area contributed by atoms with Gasteiger partial charge in [-0.2, -0.15) is 0 Å². The molecule has 1 aliphatic carbocycles. The molecule has 42 heavy (non-hydrogen) atoms. The van der Waals surface area contributed by atoms with Crippen molar-refractivity contribution < 1.29 is 0 Å². The highest BCUT2D eigenvalue weighted by Crippen LogP contribution is 2.77. The molecule has 0 saturated heterocycles. The number of aliphatic imine (C=N–C) groups is 1. The molecule has 0 fully saturated rings. The van der Waals surface area contributed by atoms with Gasteiger partial charge in [-0.05, 0) is 83.7 Å². The van der Waals surface area contributed by atoms with Crippen LogP contribution in [0.15, 0.2) is 153 Å². The molecule has 2 aromatic rings. The molecule has 2 atom stereocenters. The largest absolute Gasteiger partial charge is 0.376 e. The number of dihydropyridines is 1. The van der Waals surface area contributed by atoms with Gasteiger partial charge in [0.15, 0.2) is 0 Å². The lowest BCUT2D eigenvalue weighted by Crippen LogP contribution is -2.32. The number of allylic oxidation sites excluding steroid dienone is 12. The number of nitrogens with one attached hydrogen (secondary N) is 1. The van der Waals surface area contributed by atoms with Gasteiger partial charge >= 0.3 is 0 Å². The van der Waals surface area contributed by atoms with Crippen molar-refractivity contribution in [1.82, 2.24) is 5.32 Å². The van der Waals surface area contributed by atoms with Crippen molar-refractivity contribution in [2.75, 3.05) is 7.05 Å². The maximum absolute atomic E-state index is 4.51. The molecular weight excluding hydrogens is 529 g/mol. The summed E-state index contributed by atoms with van der Waals surface area (Å²) >= 11 is 0. The highest BCUT2D eigenvalue weighted by atomic mass is 32.3. The molecular formula is C39H48N2S. The molecule has 3 aliphatic rings. The van der Waals surface area contributed by atoms with Gasteiger partial charge in [-0.1, -0.05) is 119 Å². The normalized spacial score (nSPS) is 22.9. The van der Waals surface area contributed by atoms with Crippen LogP contribution in [-0.2, 0) is 0 Å². The average molecular weight is 577 g/mol. The van der Waals surface area contributed by atoms with Crippen LogP contribution in [0.5, 0.6) is 0 Å². The zero-order valence-corrected chi connectivity index (χ0v) is 27.3. The third kappa shape index (κ3) is 6.32. The molecule has 0 spiro atoms. The van der Waals surface area contributed by atoms with Gasteiger partial charge in [0.2, 0.25) is 0 Å². The van der Waals surface area contributed by atoms with E-state index >= 15 is 0 Å². The van der Waals surface area contributed by atoms with E-state index in [1.807, 2.05) is 53.8 Å². The van der Waals surface area contributed by atoms with Crippen molar-refractivity contribution in [3.63, 3.8) is 0 Å². The van der Waals surface area contributed by atoms with Crippen LogP contribution in [-0.4, -0.2) is 18.1 Å². The molecule has 2 aromatic carbocycles. The van der Waals surface area contributed by atoms with Crippen molar-refractivity contribution in [2.45, 2.75) is 64.7 Å². The first-order valence-electron chi connectivity index (χ1n) is 15.3. The van der Waals surface area contributed by atoms with Crippen LogP contribution >= 0.6 is 10.0 Å². The van der Waals surface area contributed by atoms with Gasteiger partial charge in [0.1, 0.15) is 0 Å². The molecule has 0 aromatic heterocycles. The Hall–Kier alpha value is -3.82. The Bertz CT molecular complexity index is 1460. The summed E-state index contributed by atoms with van der Waals surface area (Å²) in [6.07, 6.45) is 24.1. The van der Waals surface area contributed by atoms with Crippen LogP contribution in [0, 0.1) is 0 Å². The number of hydrogen-bond donors (Lipinski definition) is 1. The molecule has 3 heteroatoms. The summed E-state index contributed by atoms with van der Waals surface area (Å²) < 4.78 is 0. The van der Waals surface area contributed by atoms with E-state index in [-0.39, 0.29) is 5.37 Å². The lowest BCUT2D eigenvalue weighted by Gasteiger charge is -2.48. The second kappa shape index (κ2) is 16.0. The third-order valence-corrected chi connectivity index (χ3v) is 11.9. The molecule has 2 heterocycles. The first kappa shape index (κ1) is 32.7.